The van der Waals surface area contributed by atoms with Crippen LogP contribution in [0.15, 0.2) is 30.5 Å². The smallest absolute Gasteiger partial charge is 0.173 e. The van der Waals surface area contributed by atoms with Crippen molar-refractivity contribution >= 4 is 11.4 Å². The van der Waals surface area contributed by atoms with Crippen LogP contribution in [-0.2, 0) is 9.53 Å². The minimum atomic E-state index is -0.413. The van der Waals surface area contributed by atoms with Crippen LogP contribution in [-0.4, -0.2) is 79.3 Å². The van der Waals surface area contributed by atoms with Gasteiger partial charge in [0.05, 0.1) is 31.0 Å². The third-order valence-electron chi connectivity index (χ3n) is 6.81. The number of rotatable bonds is 5. The number of methoxy groups -OCH3 is 1. The van der Waals surface area contributed by atoms with Crippen LogP contribution in [0.2, 0.25) is 0 Å². The standard InChI is InChI=1S/C23H32N2O4/c1-3-24-10-12-25(13-11-24)14-19-21(26)9-8-18-22(27)20(15-29-23(18)19)16-4-6-17(28-2)7-5-16/h4-7,15,18-19,21,23,26H,3,8-14H2,1-2H3. The fraction of sp³-hybridized carbons (Fsp3) is 0.609. The van der Waals surface area contributed by atoms with Crippen LogP contribution in [0.3, 0.4) is 0 Å². The summed E-state index contributed by atoms with van der Waals surface area (Å²) in [6, 6.07) is 7.51. The second-order valence-corrected chi connectivity index (χ2v) is 8.37. The molecule has 1 saturated carbocycles. The maximum Gasteiger partial charge on any atom is 0.173 e. The maximum absolute atomic E-state index is 13.3. The number of Topliss-reactive ketones (excluding diaryl/α,β-unsaturated/α-hetero) is 1. The van der Waals surface area contributed by atoms with E-state index in [1.807, 2.05) is 24.3 Å². The highest BCUT2D eigenvalue weighted by Crippen LogP contribution is 2.40. The zero-order chi connectivity index (χ0) is 20.4. The number of piperazine rings is 1. The predicted molar refractivity (Wildman–Crippen MR) is 112 cm³/mol. The van der Waals surface area contributed by atoms with Crippen LogP contribution in [0.25, 0.3) is 5.57 Å². The molecule has 6 nitrogen and oxygen atoms in total. The molecule has 1 saturated heterocycles. The molecule has 3 aliphatic rings. The number of nitrogens with zero attached hydrogens (tertiary/aromatic N) is 2. The first kappa shape index (κ1) is 20.4. The Morgan fingerprint density at radius 2 is 1.79 bits per heavy atom. The van der Waals surface area contributed by atoms with Gasteiger partial charge in [-0.2, -0.15) is 0 Å². The number of hydrogen-bond donors (Lipinski definition) is 1. The summed E-state index contributed by atoms with van der Waals surface area (Å²) >= 11 is 0. The molecule has 1 aromatic rings. The summed E-state index contributed by atoms with van der Waals surface area (Å²) in [5, 5.41) is 10.7. The predicted octanol–water partition coefficient (Wildman–Crippen LogP) is 2.03. The molecule has 4 unspecified atom stereocenters. The van der Waals surface area contributed by atoms with Crippen LogP contribution < -0.4 is 4.74 Å². The lowest BCUT2D eigenvalue weighted by Crippen LogP contribution is -2.54. The number of ether oxygens (including phenoxy) is 2. The second kappa shape index (κ2) is 8.86. The number of allylic oxidation sites excluding steroid dienone is 1. The van der Waals surface area contributed by atoms with Crippen molar-refractivity contribution in [2.45, 2.75) is 32.0 Å². The van der Waals surface area contributed by atoms with E-state index in [0.29, 0.717) is 18.4 Å². The lowest BCUT2D eigenvalue weighted by molar-refractivity contribution is -0.133. The van der Waals surface area contributed by atoms with Crippen molar-refractivity contribution in [3.63, 3.8) is 0 Å². The van der Waals surface area contributed by atoms with Gasteiger partial charge in [-0.3, -0.25) is 4.79 Å². The molecule has 1 aliphatic carbocycles. The third-order valence-corrected chi connectivity index (χ3v) is 6.81. The van der Waals surface area contributed by atoms with Crippen molar-refractivity contribution in [1.29, 1.82) is 0 Å². The highest BCUT2D eigenvalue weighted by Gasteiger charge is 2.46. The molecular formula is C23H32N2O4. The Balaban J connectivity index is 1.48. The molecule has 6 heteroatoms. The summed E-state index contributed by atoms with van der Waals surface area (Å²) < 4.78 is 11.3. The number of benzene rings is 1. The highest BCUT2D eigenvalue weighted by molar-refractivity contribution is 6.22. The van der Waals surface area contributed by atoms with Gasteiger partial charge < -0.3 is 24.4 Å². The van der Waals surface area contributed by atoms with Gasteiger partial charge in [-0.05, 0) is 37.1 Å². The molecule has 158 valence electrons. The van der Waals surface area contributed by atoms with E-state index in [1.54, 1.807) is 13.4 Å². The Hall–Kier alpha value is -1.89. The van der Waals surface area contributed by atoms with Gasteiger partial charge in [0, 0.05) is 38.6 Å². The number of hydrogen-bond acceptors (Lipinski definition) is 6. The van der Waals surface area contributed by atoms with E-state index in [0.717, 1.165) is 50.6 Å². The van der Waals surface area contributed by atoms with Crippen molar-refractivity contribution in [2.75, 3.05) is 46.4 Å². The number of aliphatic hydroxyl groups is 1. The van der Waals surface area contributed by atoms with Crippen LogP contribution in [0, 0.1) is 11.8 Å². The summed E-state index contributed by atoms with van der Waals surface area (Å²) in [5.41, 5.74) is 1.48. The first-order chi connectivity index (χ1) is 14.1. The fourth-order valence-corrected chi connectivity index (χ4v) is 4.92. The number of carbonyl (C=O) groups excluding carboxylic acids is 1. The van der Waals surface area contributed by atoms with Crippen molar-refractivity contribution in [1.82, 2.24) is 9.80 Å². The molecule has 2 fully saturated rings. The number of fused-ring (bicyclic) bond motifs is 1. The van der Waals surface area contributed by atoms with Gasteiger partial charge in [0.25, 0.3) is 0 Å². The van der Waals surface area contributed by atoms with Gasteiger partial charge in [0.2, 0.25) is 0 Å². The minimum absolute atomic E-state index is 0.0282. The Morgan fingerprint density at radius 3 is 2.45 bits per heavy atom. The van der Waals surface area contributed by atoms with Crippen molar-refractivity contribution in [2.24, 2.45) is 11.8 Å². The zero-order valence-electron chi connectivity index (χ0n) is 17.4. The third kappa shape index (κ3) is 4.20. The van der Waals surface area contributed by atoms with Crippen LogP contribution in [0.5, 0.6) is 5.75 Å². The summed E-state index contributed by atoms with van der Waals surface area (Å²) in [6.07, 6.45) is 2.30. The summed E-state index contributed by atoms with van der Waals surface area (Å²) in [4.78, 5) is 18.1. The average molecular weight is 401 g/mol. The molecule has 0 spiro atoms. The van der Waals surface area contributed by atoms with Crippen molar-refractivity contribution in [3.8, 4) is 5.75 Å². The molecule has 29 heavy (non-hydrogen) atoms. The minimum Gasteiger partial charge on any atom is -0.497 e. The number of likely N-dealkylation sites (N-methyl/N-ethyl adjacent to an activating group) is 1. The molecule has 2 heterocycles. The van der Waals surface area contributed by atoms with E-state index in [2.05, 4.69) is 16.7 Å². The largest absolute Gasteiger partial charge is 0.497 e. The van der Waals surface area contributed by atoms with E-state index in [1.165, 1.54) is 0 Å². The molecular weight excluding hydrogens is 368 g/mol. The Morgan fingerprint density at radius 1 is 1.10 bits per heavy atom. The number of carbonyl (C=O) groups is 1. The molecule has 2 aliphatic heterocycles. The summed E-state index contributed by atoms with van der Waals surface area (Å²) in [7, 11) is 1.63. The molecule has 0 bridgehead atoms. The van der Waals surface area contributed by atoms with Gasteiger partial charge in [0.15, 0.2) is 5.78 Å². The molecule has 1 N–H and O–H groups in total. The Kier molecular flexibility index (Phi) is 6.23. The van der Waals surface area contributed by atoms with Crippen LogP contribution >= 0.6 is 0 Å². The van der Waals surface area contributed by atoms with Crippen molar-refractivity contribution in [3.05, 3.63) is 36.1 Å². The van der Waals surface area contributed by atoms with E-state index in [4.69, 9.17) is 9.47 Å². The average Bonchev–Trinajstić information content (AvgIpc) is 2.76. The quantitative estimate of drug-likeness (QED) is 0.816. The normalized spacial score (nSPS) is 31.0. The molecule has 4 rings (SSSR count). The first-order valence-electron chi connectivity index (χ1n) is 10.8. The topological polar surface area (TPSA) is 62.2 Å². The highest BCUT2D eigenvalue weighted by atomic mass is 16.5. The maximum atomic E-state index is 13.3. The number of ketones is 1. The number of aliphatic hydroxyl groups excluding tert-OH is 1. The van der Waals surface area contributed by atoms with E-state index >= 15 is 0 Å². The lowest BCUT2D eigenvalue weighted by Gasteiger charge is -2.45. The fourth-order valence-electron chi connectivity index (χ4n) is 4.92. The Bertz CT molecular complexity index is 740. The molecule has 0 amide bonds. The van der Waals surface area contributed by atoms with Gasteiger partial charge in [0.1, 0.15) is 11.9 Å². The second-order valence-electron chi connectivity index (χ2n) is 8.37. The first-order valence-corrected chi connectivity index (χ1v) is 10.8. The van der Waals surface area contributed by atoms with Crippen molar-refractivity contribution < 1.29 is 19.4 Å². The summed E-state index contributed by atoms with van der Waals surface area (Å²) in [6.45, 7) is 8.22. The molecule has 0 aromatic heterocycles. The van der Waals surface area contributed by atoms with Gasteiger partial charge in [-0.25, -0.2) is 0 Å². The summed E-state index contributed by atoms with van der Waals surface area (Å²) in [5.74, 6) is 0.696. The van der Waals surface area contributed by atoms with E-state index < -0.39 is 6.10 Å². The van der Waals surface area contributed by atoms with Gasteiger partial charge >= 0.3 is 0 Å². The van der Waals surface area contributed by atoms with Gasteiger partial charge in [-0.15, -0.1) is 0 Å². The van der Waals surface area contributed by atoms with E-state index in [9.17, 15) is 9.90 Å². The molecule has 4 atom stereocenters. The van der Waals surface area contributed by atoms with Gasteiger partial charge in [-0.1, -0.05) is 19.1 Å². The zero-order valence-corrected chi connectivity index (χ0v) is 17.4. The molecule has 0 radical (unpaired) electrons. The molecule has 1 aromatic carbocycles. The monoisotopic (exact) mass is 400 g/mol. The SMILES string of the molecule is CCN1CCN(CC2C(O)CCC3C(=O)C(c4ccc(OC)cc4)=COC32)CC1. The van der Waals surface area contributed by atoms with E-state index in [-0.39, 0.29) is 23.7 Å². The van der Waals surface area contributed by atoms with Crippen LogP contribution in [0.4, 0.5) is 0 Å². The van der Waals surface area contributed by atoms with Crippen LogP contribution in [0.1, 0.15) is 25.3 Å². The lowest BCUT2D eigenvalue weighted by atomic mass is 9.72. The Labute approximate surface area is 173 Å².